The molecule has 1 saturated heterocycles. The van der Waals surface area contributed by atoms with Crippen LogP contribution in [-0.4, -0.2) is 42.3 Å². The summed E-state index contributed by atoms with van der Waals surface area (Å²) in [6.45, 7) is 1.88. The lowest BCUT2D eigenvalue weighted by molar-refractivity contribution is 0.0737. The van der Waals surface area contributed by atoms with Crippen LogP contribution in [0.4, 0.5) is 0 Å². The summed E-state index contributed by atoms with van der Waals surface area (Å²) in [6.07, 6.45) is -1.58. The van der Waals surface area contributed by atoms with Gasteiger partial charge < -0.3 is 14.9 Å². The van der Waals surface area contributed by atoms with Gasteiger partial charge in [0.25, 0.3) is 0 Å². The summed E-state index contributed by atoms with van der Waals surface area (Å²) in [7, 11) is -3.21. The summed E-state index contributed by atoms with van der Waals surface area (Å²) in [6, 6.07) is 6.82. The van der Waals surface area contributed by atoms with Crippen LogP contribution in [0.2, 0.25) is 0 Å². The molecule has 19 heavy (non-hydrogen) atoms. The zero-order chi connectivity index (χ0) is 14.0. The molecule has 1 fully saturated rings. The number of benzene rings is 1. The van der Waals surface area contributed by atoms with E-state index < -0.39 is 28.1 Å². The summed E-state index contributed by atoms with van der Waals surface area (Å²) >= 11 is 0. The van der Waals surface area contributed by atoms with Gasteiger partial charge in [0.15, 0.2) is 9.84 Å². The molecule has 1 aromatic carbocycles. The number of ether oxygens (including phenoxy) is 1. The predicted octanol–water partition coefficient (Wildman–Crippen LogP) is 0.667. The predicted molar refractivity (Wildman–Crippen MR) is 70.8 cm³/mol. The minimum atomic E-state index is -3.21. The molecular weight excluding hydrogens is 268 g/mol. The molecule has 0 aromatic heterocycles. The van der Waals surface area contributed by atoms with Crippen LogP contribution in [0.1, 0.15) is 25.0 Å². The first kappa shape index (κ1) is 14.3. The number of rotatable bonds is 4. The second kappa shape index (κ2) is 5.48. The molecule has 1 aliphatic heterocycles. The highest BCUT2D eigenvalue weighted by Crippen LogP contribution is 2.23. The van der Waals surface area contributed by atoms with E-state index >= 15 is 0 Å². The first-order chi connectivity index (χ1) is 8.91. The summed E-state index contributed by atoms with van der Waals surface area (Å²) < 4.78 is 28.2. The van der Waals surface area contributed by atoms with Crippen molar-refractivity contribution in [1.29, 1.82) is 0 Å². The van der Waals surface area contributed by atoms with Crippen LogP contribution in [0, 0.1) is 0 Å². The minimum absolute atomic E-state index is 0.159. The third kappa shape index (κ3) is 3.46. The van der Waals surface area contributed by atoms with E-state index in [4.69, 9.17) is 4.74 Å². The van der Waals surface area contributed by atoms with Gasteiger partial charge >= 0.3 is 0 Å². The first-order valence-electron chi connectivity index (χ1n) is 6.24. The van der Waals surface area contributed by atoms with Gasteiger partial charge in [-0.15, -0.1) is 0 Å². The molecule has 1 heterocycles. The Labute approximate surface area is 112 Å². The number of aliphatic hydroxyl groups is 2. The van der Waals surface area contributed by atoms with E-state index in [0.29, 0.717) is 12.2 Å². The van der Waals surface area contributed by atoms with Crippen molar-refractivity contribution in [2.75, 3.05) is 11.5 Å². The topological polar surface area (TPSA) is 83.8 Å². The van der Waals surface area contributed by atoms with Crippen molar-refractivity contribution in [3.05, 3.63) is 29.8 Å². The standard InChI is InChI=1S/C13H18O5S/c1-2-11(14)9-3-5-10(6-4-9)18-13-8-19(16,17)7-12(13)15/h3-6,11-15H,2,7-8H2,1H3/t11-,12?,13?/m0/s1. The van der Waals surface area contributed by atoms with Crippen LogP contribution in [0.15, 0.2) is 24.3 Å². The molecule has 106 valence electrons. The van der Waals surface area contributed by atoms with Crippen LogP contribution in [0.3, 0.4) is 0 Å². The van der Waals surface area contributed by atoms with Gasteiger partial charge in [-0.3, -0.25) is 0 Å². The van der Waals surface area contributed by atoms with E-state index in [1.165, 1.54) is 0 Å². The van der Waals surface area contributed by atoms with Gasteiger partial charge in [0, 0.05) is 0 Å². The lowest BCUT2D eigenvalue weighted by Gasteiger charge is -2.16. The van der Waals surface area contributed by atoms with E-state index in [0.717, 1.165) is 5.56 Å². The third-order valence-corrected chi connectivity index (χ3v) is 4.90. The fourth-order valence-electron chi connectivity index (χ4n) is 2.09. The van der Waals surface area contributed by atoms with Crippen molar-refractivity contribution in [2.45, 2.75) is 31.7 Å². The van der Waals surface area contributed by atoms with Crippen molar-refractivity contribution in [3.8, 4) is 5.75 Å². The van der Waals surface area contributed by atoms with Gasteiger partial charge in [0.2, 0.25) is 0 Å². The van der Waals surface area contributed by atoms with Gasteiger partial charge in [-0.25, -0.2) is 8.42 Å². The zero-order valence-corrected chi connectivity index (χ0v) is 11.5. The third-order valence-electron chi connectivity index (χ3n) is 3.21. The van der Waals surface area contributed by atoms with Gasteiger partial charge in [0.1, 0.15) is 18.0 Å². The summed E-state index contributed by atoms with van der Waals surface area (Å²) in [5.74, 6) is 0.0887. The van der Waals surface area contributed by atoms with E-state index in [-0.39, 0.29) is 11.5 Å². The summed E-state index contributed by atoms with van der Waals surface area (Å²) in [5, 5.41) is 19.3. The van der Waals surface area contributed by atoms with Gasteiger partial charge in [-0.2, -0.15) is 0 Å². The normalized spacial score (nSPS) is 27.1. The van der Waals surface area contributed by atoms with Crippen molar-refractivity contribution in [2.24, 2.45) is 0 Å². The Bertz CT molecular complexity index is 522. The molecule has 0 amide bonds. The molecule has 5 nitrogen and oxygen atoms in total. The summed E-state index contributed by atoms with van der Waals surface area (Å²) in [5.41, 5.74) is 0.787. The first-order valence-corrected chi connectivity index (χ1v) is 8.06. The second-order valence-electron chi connectivity index (χ2n) is 4.79. The Morgan fingerprint density at radius 3 is 2.42 bits per heavy atom. The van der Waals surface area contributed by atoms with Crippen LogP contribution in [-0.2, 0) is 9.84 Å². The molecule has 2 unspecified atom stereocenters. The molecule has 3 atom stereocenters. The van der Waals surface area contributed by atoms with Gasteiger partial charge in [-0.05, 0) is 24.1 Å². The Balaban J connectivity index is 2.04. The largest absolute Gasteiger partial charge is 0.487 e. The molecular formula is C13H18O5S. The van der Waals surface area contributed by atoms with Crippen molar-refractivity contribution in [1.82, 2.24) is 0 Å². The van der Waals surface area contributed by atoms with Gasteiger partial charge in [0.05, 0.1) is 17.6 Å². The van der Waals surface area contributed by atoms with Crippen molar-refractivity contribution >= 4 is 9.84 Å². The monoisotopic (exact) mass is 286 g/mol. The van der Waals surface area contributed by atoms with Crippen LogP contribution < -0.4 is 4.74 Å². The molecule has 6 heteroatoms. The molecule has 2 rings (SSSR count). The minimum Gasteiger partial charge on any atom is -0.487 e. The molecule has 0 bridgehead atoms. The number of hydrogen-bond acceptors (Lipinski definition) is 5. The van der Waals surface area contributed by atoms with E-state index in [2.05, 4.69) is 0 Å². The molecule has 0 spiro atoms. The SMILES string of the molecule is CC[C@H](O)c1ccc(OC2CS(=O)(=O)CC2O)cc1. The van der Waals surface area contributed by atoms with E-state index in [9.17, 15) is 18.6 Å². The number of hydrogen-bond donors (Lipinski definition) is 2. The Kier molecular flexibility index (Phi) is 4.13. The Morgan fingerprint density at radius 1 is 1.32 bits per heavy atom. The molecule has 0 radical (unpaired) electrons. The van der Waals surface area contributed by atoms with Crippen LogP contribution in [0.5, 0.6) is 5.75 Å². The maximum Gasteiger partial charge on any atom is 0.156 e. The van der Waals surface area contributed by atoms with Crippen LogP contribution in [0.25, 0.3) is 0 Å². The highest BCUT2D eigenvalue weighted by molar-refractivity contribution is 7.91. The van der Waals surface area contributed by atoms with Gasteiger partial charge in [-0.1, -0.05) is 19.1 Å². The maximum atomic E-state index is 11.4. The molecule has 1 aromatic rings. The zero-order valence-electron chi connectivity index (χ0n) is 10.7. The average molecular weight is 286 g/mol. The van der Waals surface area contributed by atoms with Crippen LogP contribution >= 0.6 is 0 Å². The Hall–Kier alpha value is -1.11. The Morgan fingerprint density at radius 2 is 1.95 bits per heavy atom. The quantitative estimate of drug-likeness (QED) is 0.850. The second-order valence-corrected chi connectivity index (χ2v) is 6.95. The lowest BCUT2D eigenvalue weighted by Crippen LogP contribution is -2.29. The molecule has 0 saturated carbocycles. The average Bonchev–Trinajstić information content (AvgIpc) is 2.62. The maximum absolute atomic E-state index is 11.4. The molecule has 1 aliphatic rings. The lowest BCUT2D eigenvalue weighted by atomic mass is 10.1. The smallest absolute Gasteiger partial charge is 0.156 e. The van der Waals surface area contributed by atoms with Crippen molar-refractivity contribution in [3.63, 3.8) is 0 Å². The highest BCUT2D eigenvalue weighted by Gasteiger charge is 2.38. The summed E-state index contributed by atoms with van der Waals surface area (Å²) in [4.78, 5) is 0. The highest BCUT2D eigenvalue weighted by atomic mass is 32.2. The molecule has 0 aliphatic carbocycles. The van der Waals surface area contributed by atoms with Crippen molar-refractivity contribution < 1.29 is 23.4 Å². The number of aliphatic hydroxyl groups excluding tert-OH is 2. The number of sulfone groups is 1. The fraction of sp³-hybridized carbons (Fsp3) is 0.538. The fourth-order valence-corrected chi connectivity index (χ4v) is 3.75. The van der Waals surface area contributed by atoms with E-state index in [1.807, 2.05) is 6.92 Å². The molecule has 2 N–H and O–H groups in total. The van der Waals surface area contributed by atoms with E-state index in [1.54, 1.807) is 24.3 Å².